The first-order chi connectivity index (χ1) is 14.4. The van der Waals surface area contributed by atoms with Gasteiger partial charge in [-0.25, -0.2) is 9.98 Å². The molecule has 1 aliphatic rings. The Bertz CT molecular complexity index is 857. The van der Waals surface area contributed by atoms with Crippen molar-refractivity contribution in [1.82, 2.24) is 15.6 Å². The average Bonchev–Trinajstić information content (AvgIpc) is 3.18. The number of hydrogen-bond acceptors (Lipinski definition) is 5. The SMILES string of the molecule is CCNC(=NCc1ccc(OCC(F)(F)F)nc1)NCCc1ccc2c(c1)OCO2. The third kappa shape index (κ3) is 6.71. The summed E-state index contributed by atoms with van der Waals surface area (Å²) in [7, 11) is 0. The lowest BCUT2D eigenvalue weighted by Gasteiger charge is -2.12. The standard InChI is InChI=1S/C20H23F3N4O3/c1-2-24-19(25-8-7-14-3-5-16-17(9-14)30-13-29-16)27-11-15-4-6-18(26-10-15)28-12-20(21,22)23/h3-6,9-10H,2,7-8,11-13H2,1H3,(H2,24,25,27). The van der Waals surface area contributed by atoms with Crippen LogP contribution in [0.15, 0.2) is 41.5 Å². The maximum absolute atomic E-state index is 12.2. The van der Waals surface area contributed by atoms with Crippen LogP contribution < -0.4 is 24.8 Å². The molecule has 1 aromatic heterocycles. The number of aliphatic imine (C=N–C) groups is 1. The molecule has 0 amide bonds. The van der Waals surface area contributed by atoms with E-state index in [1.807, 2.05) is 25.1 Å². The molecule has 0 spiro atoms. The summed E-state index contributed by atoms with van der Waals surface area (Å²) in [5.41, 5.74) is 1.86. The summed E-state index contributed by atoms with van der Waals surface area (Å²) in [4.78, 5) is 8.36. The number of guanidine groups is 1. The van der Waals surface area contributed by atoms with Crippen molar-refractivity contribution in [3.05, 3.63) is 47.7 Å². The minimum Gasteiger partial charge on any atom is -0.468 e. The minimum absolute atomic E-state index is 0.0752. The highest BCUT2D eigenvalue weighted by Crippen LogP contribution is 2.32. The Hall–Kier alpha value is -3.17. The van der Waals surface area contributed by atoms with Crippen LogP contribution >= 0.6 is 0 Å². The van der Waals surface area contributed by atoms with E-state index in [0.717, 1.165) is 29.0 Å². The molecular weight excluding hydrogens is 401 g/mol. The molecule has 7 nitrogen and oxygen atoms in total. The predicted molar refractivity (Wildman–Crippen MR) is 105 cm³/mol. The molecule has 162 valence electrons. The molecule has 0 atom stereocenters. The Balaban J connectivity index is 1.49. The number of hydrogen-bond donors (Lipinski definition) is 2. The number of rotatable bonds is 8. The zero-order valence-electron chi connectivity index (χ0n) is 16.5. The molecule has 0 radical (unpaired) electrons. The van der Waals surface area contributed by atoms with Crippen molar-refractivity contribution >= 4 is 5.96 Å². The van der Waals surface area contributed by atoms with Crippen LogP contribution in [0, 0.1) is 0 Å². The molecule has 3 rings (SSSR count). The van der Waals surface area contributed by atoms with Gasteiger partial charge in [-0.1, -0.05) is 12.1 Å². The van der Waals surface area contributed by atoms with Gasteiger partial charge in [0.2, 0.25) is 12.7 Å². The second kappa shape index (κ2) is 10.0. The topological polar surface area (TPSA) is 77.0 Å². The quantitative estimate of drug-likeness (QED) is 0.501. The van der Waals surface area contributed by atoms with E-state index in [9.17, 15) is 13.2 Å². The van der Waals surface area contributed by atoms with Crippen LogP contribution in [0.4, 0.5) is 13.2 Å². The zero-order valence-corrected chi connectivity index (χ0v) is 16.5. The monoisotopic (exact) mass is 424 g/mol. The highest BCUT2D eigenvalue weighted by molar-refractivity contribution is 5.79. The summed E-state index contributed by atoms with van der Waals surface area (Å²) < 4.78 is 51.8. The lowest BCUT2D eigenvalue weighted by Crippen LogP contribution is -2.38. The van der Waals surface area contributed by atoms with E-state index in [0.29, 0.717) is 25.6 Å². The number of fused-ring (bicyclic) bond motifs is 1. The van der Waals surface area contributed by atoms with Crippen LogP contribution in [-0.4, -0.2) is 43.6 Å². The molecule has 1 aliphatic heterocycles. The Morgan fingerprint density at radius 2 is 1.93 bits per heavy atom. The number of aromatic nitrogens is 1. The highest BCUT2D eigenvalue weighted by Gasteiger charge is 2.28. The number of halogens is 3. The highest BCUT2D eigenvalue weighted by atomic mass is 19.4. The molecule has 10 heteroatoms. The Morgan fingerprint density at radius 1 is 1.13 bits per heavy atom. The number of pyridine rings is 1. The maximum atomic E-state index is 12.2. The summed E-state index contributed by atoms with van der Waals surface area (Å²) in [6.07, 6.45) is -2.17. The molecule has 0 saturated heterocycles. The van der Waals surface area contributed by atoms with E-state index in [4.69, 9.17) is 9.47 Å². The van der Waals surface area contributed by atoms with Gasteiger partial charge < -0.3 is 24.8 Å². The zero-order chi connectivity index (χ0) is 21.4. The number of nitrogens with one attached hydrogen (secondary N) is 2. The molecular formula is C20H23F3N4O3. The number of ether oxygens (including phenoxy) is 3. The van der Waals surface area contributed by atoms with Gasteiger partial charge in [-0.05, 0) is 36.6 Å². The summed E-state index contributed by atoms with van der Waals surface area (Å²) >= 11 is 0. The largest absolute Gasteiger partial charge is 0.468 e. The van der Waals surface area contributed by atoms with Crippen molar-refractivity contribution in [2.24, 2.45) is 4.99 Å². The van der Waals surface area contributed by atoms with Gasteiger partial charge in [-0.15, -0.1) is 0 Å². The Kier molecular flexibility index (Phi) is 7.21. The summed E-state index contributed by atoms with van der Waals surface area (Å²) in [6, 6.07) is 8.89. The Morgan fingerprint density at radius 3 is 2.67 bits per heavy atom. The van der Waals surface area contributed by atoms with E-state index in [1.165, 1.54) is 12.3 Å². The molecule has 0 unspecified atom stereocenters. The van der Waals surface area contributed by atoms with E-state index in [2.05, 4.69) is 25.3 Å². The fraction of sp³-hybridized carbons (Fsp3) is 0.400. The third-order valence-electron chi connectivity index (χ3n) is 4.09. The molecule has 0 saturated carbocycles. The summed E-state index contributed by atoms with van der Waals surface area (Å²) in [5.74, 6) is 2.07. The van der Waals surface area contributed by atoms with Crippen LogP contribution in [0.2, 0.25) is 0 Å². The second-order valence-electron chi connectivity index (χ2n) is 6.47. The van der Waals surface area contributed by atoms with E-state index in [-0.39, 0.29) is 12.7 Å². The van der Waals surface area contributed by atoms with Crippen LogP contribution in [0.3, 0.4) is 0 Å². The number of nitrogens with zero attached hydrogens (tertiary/aromatic N) is 2. The molecule has 1 aromatic carbocycles. The number of alkyl halides is 3. The van der Waals surface area contributed by atoms with Gasteiger partial charge in [0.25, 0.3) is 0 Å². The van der Waals surface area contributed by atoms with Crippen LogP contribution in [-0.2, 0) is 13.0 Å². The summed E-state index contributed by atoms with van der Waals surface area (Å²) in [6.45, 7) is 2.52. The van der Waals surface area contributed by atoms with Crippen LogP contribution in [0.5, 0.6) is 17.4 Å². The van der Waals surface area contributed by atoms with Gasteiger partial charge in [0.15, 0.2) is 24.1 Å². The predicted octanol–water partition coefficient (Wildman–Crippen LogP) is 3.05. The van der Waals surface area contributed by atoms with Crippen molar-refractivity contribution in [2.75, 3.05) is 26.5 Å². The molecule has 0 fully saturated rings. The lowest BCUT2D eigenvalue weighted by atomic mass is 10.1. The number of benzene rings is 1. The molecule has 2 N–H and O–H groups in total. The van der Waals surface area contributed by atoms with Gasteiger partial charge in [0.05, 0.1) is 6.54 Å². The van der Waals surface area contributed by atoms with Crippen molar-refractivity contribution in [2.45, 2.75) is 26.1 Å². The van der Waals surface area contributed by atoms with E-state index >= 15 is 0 Å². The molecule has 0 aliphatic carbocycles. The first-order valence-electron chi connectivity index (χ1n) is 9.48. The lowest BCUT2D eigenvalue weighted by molar-refractivity contribution is -0.154. The molecule has 0 bridgehead atoms. The molecule has 2 aromatic rings. The van der Waals surface area contributed by atoms with Crippen molar-refractivity contribution in [3.8, 4) is 17.4 Å². The van der Waals surface area contributed by atoms with Gasteiger partial charge in [0, 0.05) is 25.4 Å². The van der Waals surface area contributed by atoms with E-state index < -0.39 is 12.8 Å². The van der Waals surface area contributed by atoms with Crippen LogP contribution in [0.25, 0.3) is 0 Å². The van der Waals surface area contributed by atoms with Gasteiger partial charge >= 0.3 is 6.18 Å². The fourth-order valence-electron chi connectivity index (χ4n) is 2.68. The first kappa shape index (κ1) is 21.5. The second-order valence-corrected chi connectivity index (χ2v) is 6.47. The van der Waals surface area contributed by atoms with Crippen molar-refractivity contribution < 1.29 is 27.4 Å². The smallest absolute Gasteiger partial charge is 0.422 e. The maximum Gasteiger partial charge on any atom is 0.422 e. The first-order valence-corrected chi connectivity index (χ1v) is 9.48. The Labute approximate surface area is 172 Å². The van der Waals surface area contributed by atoms with Crippen molar-refractivity contribution in [1.29, 1.82) is 0 Å². The van der Waals surface area contributed by atoms with E-state index in [1.54, 1.807) is 6.07 Å². The van der Waals surface area contributed by atoms with Gasteiger partial charge in [0.1, 0.15) is 0 Å². The average molecular weight is 424 g/mol. The normalized spacial score (nSPS) is 13.3. The minimum atomic E-state index is -4.39. The third-order valence-corrected chi connectivity index (χ3v) is 4.09. The summed E-state index contributed by atoms with van der Waals surface area (Å²) in [5, 5.41) is 6.41. The van der Waals surface area contributed by atoms with Crippen molar-refractivity contribution in [3.63, 3.8) is 0 Å². The van der Waals surface area contributed by atoms with Gasteiger partial charge in [-0.3, -0.25) is 0 Å². The van der Waals surface area contributed by atoms with Gasteiger partial charge in [-0.2, -0.15) is 13.2 Å². The molecule has 2 heterocycles. The molecule has 30 heavy (non-hydrogen) atoms. The van der Waals surface area contributed by atoms with Crippen LogP contribution in [0.1, 0.15) is 18.1 Å². The fourth-order valence-corrected chi connectivity index (χ4v) is 2.68.